The number of para-hydroxylation sites is 1. The van der Waals surface area contributed by atoms with E-state index >= 15 is 0 Å². The van der Waals surface area contributed by atoms with Crippen molar-refractivity contribution in [2.24, 2.45) is 0 Å². The topological polar surface area (TPSA) is 66.5 Å². The van der Waals surface area contributed by atoms with Gasteiger partial charge in [0.2, 0.25) is 5.91 Å². The second-order valence-corrected chi connectivity index (χ2v) is 6.15. The number of imide groups is 1. The lowest BCUT2D eigenvalue weighted by atomic mass is 10.1. The molecule has 5 nitrogen and oxygen atoms in total. The molecule has 1 heterocycles. The predicted octanol–water partition coefficient (Wildman–Crippen LogP) is 3.62. The standard InChI is InChI=1S/C20H19FN2O3/c21-16-10-5-6-11-17(16)22-18(24)12-2-1-7-13-23-19(25)14-8-3-4-9-15(14)20(23)26/h3-6,8-11H,1-2,7,12-13H2,(H,22,24). The van der Waals surface area contributed by atoms with Crippen LogP contribution in [0.25, 0.3) is 0 Å². The molecule has 26 heavy (non-hydrogen) atoms. The quantitative estimate of drug-likeness (QED) is 0.610. The number of amides is 3. The van der Waals surface area contributed by atoms with Crippen molar-refractivity contribution in [1.29, 1.82) is 0 Å². The van der Waals surface area contributed by atoms with Gasteiger partial charge in [0.15, 0.2) is 0 Å². The van der Waals surface area contributed by atoms with Gasteiger partial charge in [0.1, 0.15) is 5.82 Å². The van der Waals surface area contributed by atoms with E-state index in [-0.39, 0.29) is 29.8 Å². The maximum atomic E-state index is 13.5. The van der Waals surface area contributed by atoms with Crippen molar-refractivity contribution in [1.82, 2.24) is 4.90 Å². The van der Waals surface area contributed by atoms with E-state index in [2.05, 4.69) is 5.32 Å². The van der Waals surface area contributed by atoms with Gasteiger partial charge in [0.05, 0.1) is 16.8 Å². The molecule has 0 saturated heterocycles. The molecule has 1 aliphatic rings. The average Bonchev–Trinajstić information content (AvgIpc) is 2.88. The van der Waals surface area contributed by atoms with Crippen LogP contribution in [0.5, 0.6) is 0 Å². The van der Waals surface area contributed by atoms with E-state index in [1.807, 2.05) is 0 Å². The minimum atomic E-state index is -0.466. The number of fused-ring (bicyclic) bond motifs is 1. The first-order chi connectivity index (χ1) is 12.6. The fraction of sp³-hybridized carbons (Fsp3) is 0.250. The maximum Gasteiger partial charge on any atom is 0.261 e. The number of halogens is 1. The molecule has 0 radical (unpaired) electrons. The summed E-state index contributed by atoms with van der Waals surface area (Å²) in [6.45, 7) is 0.335. The van der Waals surface area contributed by atoms with Gasteiger partial charge >= 0.3 is 0 Å². The van der Waals surface area contributed by atoms with Crippen molar-refractivity contribution in [2.75, 3.05) is 11.9 Å². The molecule has 0 aliphatic carbocycles. The highest BCUT2D eigenvalue weighted by Gasteiger charge is 2.34. The number of unbranched alkanes of at least 4 members (excludes halogenated alkanes) is 2. The molecule has 0 bridgehead atoms. The Hall–Kier alpha value is -3.02. The van der Waals surface area contributed by atoms with Crippen LogP contribution in [0.2, 0.25) is 0 Å². The van der Waals surface area contributed by atoms with Crippen LogP contribution < -0.4 is 5.32 Å². The third-order valence-corrected chi connectivity index (χ3v) is 4.31. The summed E-state index contributed by atoms with van der Waals surface area (Å²) in [7, 11) is 0. The third-order valence-electron chi connectivity index (χ3n) is 4.31. The fourth-order valence-corrected chi connectivity index (χ4v) is 2.95. The fourth-order valence-electron chi connectivity index (χ4n) is 2.95. The maximum absolute atomic E-state index is 13.5. The molecular weight excluding hydrogens is 335 g/mol. The SMILES string of the molecule is O=C(CCCCCN1C(=O)c2ccccc2C1=O)Nc1ccccc1F. The zero-order chi connectivity index (χ0) is 18.5. The Morgan fingerprint density at radius 2 is 1.50 bits per heavy atom. The lowest BCUT2D eigenvalue weighted by Gasteiger charge is -2.13. The Labute approximate surface area is 150 Å². The molecule has 3 rings (SSSR count). The van der Waals surface area contributed by atoms with Crippen LogP contribution in [0.15, 0.2) is 48.5 Å². The predicted molar refractivity (Wildman–Crippen MR) is 95.3 cm³/mol. The van der Waals surface area contributed by atoms with Crippen molar-refractivity contribution in [3.05, 3.63) is 65.5 Å². The second kappa shape index (κ2) is 7.91. The Bertz CT molecular complexity index is 815. The lowest BCUT2D eigenvalue weighted by Crippen LogP contribution is -2.30. The number of hydrogen-bond donors (Lipinski definition) is 1. The second-order valence-electron chi connectivity index (χ2n) is 6.15. The normalized spacial score (nSPS) is 13.0. The Balaban J connectivity index is 1.40. The first-order valence-electron chi connectivity index (χ1n) is 8.57. The van der Waals surface area contributed by atoms with Crippen molar-refractivity contribution in [3.8, 4) is 0 Å². The van der Waals surface area contributed by atoms with Gasteiger partial charge < -0.3 is 5.32 Å². The van der Waals surface area contributed by atoms with Gasteiger partial charge in [-0.25, -0.2) is 4.39 Å². The van der Waals surface area contributed by atoms with E-state index in [0.717, 1.165) is 0 Å². The molecule has 6 heteroatoms. The minimum absolute atomic E-state index is 0.170. The molecule has 0 unspecified atom stereocenters. The molecule has 0 aromatic heterocycles. The smallest absolute Gasteiger partial charge is 0.261 e. The van der Waals surface area contributed by atoms with Gasteiger partial charge in [0, 0.05) is 13.0 Å². The summed E-state index contributed by atoms with van der Waals surface area (Å²) in [5.41, 5.74) is 1.06. The molecule has 134 valence electrons. The molecule has 0 saturated carbocycles. The number of hydrogen-bond acceptors (Lipinski definition) is 3. The van der Waals surface area contributed by atoms with Gasteiger partial charge in [-0.3, -0.25) is 19.3 Å². The van der Waals surface area contributed by atoms with Crippen LogP contribution in [0, 0.1) is 5.82 Å². The number of nitrogens with one attached hydrogen (secondary N) is 1. The highest BCUT2D eigenvalue weighted by atomic mass is 19.1. The third kappa shape index (κ3) is 3.79. The molecule has 2 aromatic rings. The summed E-state index contributed by atoms with van der Waals surface area (Å²) in [6, 6.07) is 12.8. The molecule has 3 amide bonds. The van der Waals surface area contributed by atoms with Crippen molar-refractivity contribution in [2.45, 2.75) is 25.7 Å². The largest absolute Gasteiger partial charge is 0.324 e. The van der Waals surface area contributed by atoms with Gasteiger partial charge in [0.25, 0.3) is 11.8 Å². The Morgan fingerprint density at radius 3 is 2.15 bits per heavy atom. The number of rotatable bonds is 7. The van der Waals surface area contributed by atoms with Crippen LogP contribution in [-0.4, -0.2) is 29.2 Å². The minimum Gasteiger partial charge on any atom is -0.324 e. The number of benzene rings is 2. The van der Waals surface area contributed by atoms with Crippen LogP contribution in [0.4, 0.5) is 10.1 Å². The Morgan fingerprint density at radius 1 is 0.885 bits per heavy atom. The van der Waals surface area contributed by atoms with E-state index < -0.39 is 5.82 Å². The highest BCUT2D eigenvalue weighted by Crippen LogP contribution is 2.22. The summed E-state index contributed by atoms with van der Waals surface area (Å²) < 4.78 is 13.5. The van der Waals surface area contributed by atoms with E-state index in [1.54, 1.807) is 36.4 Å². The van der Waals surface area contributed by atoms with Crippen LogP contribution >= 0.6 is 0 Å². The molecule has 0 atom stereocenters. The van der Waals surface area contributed by atoms with Gasteiger partial charge in [-0.05, 0) is 37.1 Å². The lowest BCUT2D eigenvalue weighted by molar-refractivity contribution is -0.116. The summed E-state index contributed by atoms with van der Waals surface area (Å²) in [4.78, 5) is 37.5. The zero-order valence-electron chi connectivity index (χ0n) is 14.2. The van der Waals surface area contributed by atoms with Crippen molar-refractivity contribution in [3.63, 3.8) is 0 Å². The van der Waals surface area contributed by atoms with Crippen LogP contribution in [-0.2, 0) is 4.79 Å². The van der Waals surface area contributed by atoms with Crippen LogP contribution in [0.1, 0.15) is 46.4 Å². The number of carbonyl (C=O) groups is 3. The Kier molecular flexibility index (Phi) is 5.41. The van der Waals surface area contributed by atoms with Crippen LogP contribution in [0.3, 0.4) is 0 Å². The molecule has 1 aliphatic heterocycles. The van der Waals surface area contributed by atoms with E-state index in [0.29, 0.717) is 36.9 Å². The van der Waals surface area contributed by atoms with E-state index in [1.165, 1.54) is 17.0 Å². The number of carbonyl (C=O) groups excluding carboxylic acids is 3. The van der Waals surface area contributed by atoms with E-state index in [4.69, 9.17) is 0 Å². The first-order valence-corrected chi connectivity index (χ1v) is 8.57. The van der Waals surface area contributed by atoms with Crippen molar-refractivity contribution >= 4 is 23.4 Å². The van der Waals surface area contributed by atoms with Gasteiger partial charge in [-0.15, -0.1) is 0 Å². The van der Waals surface area contributed by atoms with E-state index in [9.17, 15) is 18.8 Å². The summed E-state index contributed by atoms with van der Waals surface area (Å²) in [5, 5.41) is 2.54. The monoisotopic (exact) mass is 354 g/mol. The molecular formula is C20H19FN2O3. The number of nitrogens with zero attached hydrogens (tertiary/aromatic N) is 1. The van der Waals surface area contributed by atoms with Gasteiger partial charge in [-0.2, -0.15) is 0 Å². The summed E-state index contributed by atoms with van der Waals surface area (Å²) >= 11 is 0. The summed E-state index contributed by atoms with van der Waals surface area (Å²) in [6.07, 6.45) is 2.18. The van der Waals surface area contributed by atoms with Crippen molar-refractivity contribution < 1.29 is 18.8 Å². The highest BCUT2D eigenvalue weighted by molar-refractivity contribution is 6.21. The number of anilines is 1. The first kappa shape index (κ1) is 17.8. The molecule has 0 fully saturated rings. The molecule has 0 spiro atoms. The summed E-state index contributed by atoms with van der Waals surface area (Å²) in [5.74, 6) is -1.24. The van der Waals surface area contributed by atoms with Gasteiger partial charge in [-0.1, -0.05) is 30.7 Å². The molecule has 2 aromatic carbocycles. The zero-order valence-corrected chi connectivity index (χ0v) is 14.2. The molecule has 1 N–H and O–H groups in total. The average molecular weight is 354 g/mol.